The maximum absolute atomic E-state index is 12.1. The molecule has 0 radical (unpaired) electrons. The number of ether oxygens (including phenoxy) is 3. The molecule has 5 heteroatoms. The van der Waals surface area contributed by atoms with E-state index in [2.05, 4.69) is 0 Å². The minimum absolute atomic E-state index is 0.0311. The van der Waals surface area contributed by atoms with Crippen LogP contribution in [0, 0.1) is 0 Å². The van der Waals surface area contributed by atoms with Crippen LogP contribution in [0.4, 0.5) is 5.69 Å². The van der Waals surface area contributed by atoms with Gasteiger partial charge in [0.25, 0.3) is 0 Å². The summed E-state index contributed by atoms with van der Waals surface area (Å²) in [4.78, 5) is 12.1. The third-order valence-electron chi connectivity index (χ3n) is 3.43. The van der Waals surface area contributed by atoms with Crippen LogP contribution in [0.1, 0.15) is 44.0 Å². The Morgan fingerprint density at radius 3 is 2.81 bits per heavy atom. The molecule has 0 aliphatic carbocycles. The zero-order valence-corrected chi connectivity index (χ0v) is 12.8. The van der Waals surface area contributed by atoms with E-state index in [1.54, 1.807) is 18.2 Å². The molecule has 0 amide bonds. The van der Waals surface area contributed by atoms with Gasteiger partial charge >= 0.3 is 5.97 Å². The minimum Gasteiger partial charge on any atom is -0.494 e. The summed E-state index contributed by atoms with van der Waals surface area (Å²) in [6.45, 7) is 6.74. The first-order valence-corrected chi connectivity index (χ1v) is 7.28. The summed E-state index contributed by atoms with van der Waals surface area (Å²) in [7, 11) is 0. The van der Waals surface area contributed by atoms with E-state index in [1.165, 1.54) is 0 Å². The van der Waals surface area contributed by atoms with Crippen molar-refractivity contribution in [3.05, 3.63) is 23.8 Å². The van der Waals surface area contributed by atoms with Gasteiger partial charge in [0.15, 0.2) is 0 Å². The van der Waals surface area contributed by atoms with E-state index in [-0.39, 0.29) is 18.3 Å². The molecule has 0 saturated carbocycles. The average molecular weight is 293 g/mol. The van der Waals surface area contributed by atoms with E-state index in [0.717, 1.165) is 12.8 Å². The Morgan fingerprint density at radius 2 is 2.19 bits per heavy atom. The van der Waals surface area contributed by atoms with Gasteiger partial charge in [0, 0.05) is 11.8 Å². The van der Waals surface area contributed by atoms with Crippen LogP contribution in [0.3, 0.4) is 0 Å². The number of benzene rings is 1. The smallest absolute Gasteiger partial charge is 0.338 e. The molecule has 1 fully saturated rings. The monoisotopic (exact) mass is 293 g/mol. The molecule has 5 nitrogen and oxygen atoms in total. The second-order valence-electron chi connectivity index (χ2n) is 5.86. The van der Waals surface area contributed by atoms with Crippen molar-refractivity contribution in [3.63, 3.8) is 0 Å². The number of rotatable bonds is 5. The first-order chi connectivity index (χ1) is 9.89. The molecule has 0 spiro atoms. The Hall–Kier alpha value is -1.75. The molecule has 21 heavy (non-hydrogen) atoms. The molecule has 2 N–H and O–H groups in total. The van der Waals surface area contributed by atoms with E-state index >= 15 is 0 Å². The minimum atomic E-state index is -0.406. The van der Waals surface area contributed by atoms with E-state index in [9.17, 15) is 4.79 Å². The van der Waals surface area contributed by atoms with Crippen molar-refractivity contribution in [3.8, 4) is 5.75 Å². The number of nitrogens with two attached hydrogens (primary N) is 1. The van der Waals surface area contributed by atoms with Crippen LogP contribution in [0.15, 0.2) is 18.2 Å². The van der Waals surface area contributed by atoms with Crippen LogP contribution in [0.5, 0.6) is 5.75 Å². The zero-order valence-electron chi connectivity index (χ0n) is 12.8. The SMILES string of the molecule is CCOc1cc(N)cc(C(=O)OCC2CCC(C)(C)O2)c1. The number of hydrogen-bond donors (Lipinski definition) is 1. The van der Waals surface area contributed by atoms with Crippen LogP contribution >= 0.6 is 0 Å². The van der Waals surface area contributed by atoms with Gasteiger partial charge in [-0.2, -0.15) is 0 Å². The van der Waals surface area contributed by atoms with Crippen LogP contribution in [0.2, 0.25) is 0 Å². The molecule has 1 aliphatic heterocycles. The van der Waals surface area contributed by atoms with Crippen LogP contribution in [-0.4, -0.2) is 30.9 Å². The molecule has 2 rings (SSSR count). The molecule has 1 aliphatic rings. The normalized spacial score (nSPS) is 20.2. The summed E-state index contributed by atoms with van der Waals surface area (Å²) in [6, 6.07) is 4.91. The highest BCUT2D eigenvalue weighted by atomic mass is 16.6. The van der Waals surface area contributed by atoms with Crippen molar-refractivity contribution in [2.45, 2.75) is 45.3 Å². The lowest BCUT2D eigenvalue weighted by atomic mass is 10.1. The van der Waals surface area contributed by atoms with E-state index in [0.29, 0.717) is 23.6 Å². The second-order valence-corrected chi connectivity index (χ2v) is 5.86. The Balaban J connectivity index is 1.94. The fourth-order valence-electron chi connectivity index (χ4n) is 2.44. The molecule has 1 unspecified atom stereocenters. The highest BCUT2D eigenvalue weighted by Gasteiger charge is 2.32. The van der Waals surface area contributed by atoms with Crippen LogP contribution < -0.4 is 10.5 Å². The zero-order chi connectivity index (χ0) is 15.5. The van der Waals surface area contributed by atoms with E-state index in [1.807, 2.05) is 20.8 Å². The van der Waals surface area contributed by atoms with E-state index < -0.39 is 5.97 Å². The first kappa shape index (κ1) is 15.6. The fourth-order valence-corrected chi connectivity index (χ4v) is 2.44. The Bertz CT molecular complexity index is 513. The Morgan fingerprint density at radius 1 is 1.43 bits per heavy atom. The van der Waals surface area contributed by atoms with Gasteiger partial charge in [0.2, 0.25) is 0 Å². The summed E-state index contributed by atoms with van der Waals surface area (Å²) in [5, 5.41) is 0. The maximum atomic E-state index is 12.1. The third-order valence-corrected chi connectivity index (χ3v) is 3.43. The van der Waals surface area contributed by atoms with E-state index in [4.69, 9.17) is 19.9 Å². The summed E-state index contributed by atoms with van der Waals surface area (Å²) in [6.07, 6.45) is 1.85. The summed E-state index contributed by atoms with van der Waals surface area (Å²) in [5.74, 6) is 0.166. The predicted molar refractivity (Wildman–Crippen MR) is 80.5 cm³/mol. The van der Waals surface area contributed by atoms with Crippen molar-refractivity contribution < 1.29 is 19.0 Å². The largest absolute Gasteiger partial charge is 0.494 e. The molecule has 1 aromatic carbocycles. The van der Waals surface area contributed by atoms with Gasteiger partial charge in [-0.05, 0) is 45.7 Å². The highest BCUT2D eigenvalue weighted by Crippen LogP contribution is 2.29. The van der Waals surface area contributed by atoms with Gasteiger partial charge in [0.1, 0.15) is 12.4 Å². The number of carbonyl (C=O) groups excluding carboxylic acids is 1. The topological polar surface area (TPSA) is 70.8 Å². The first-order valence-electron chi connectivity index (χ1n) is 7.28. The number of carbonyl (C=O) groups is 1. The van der Waals surface area contributed by atoms with Crippen LogP contribution in [0.25, 0.3) is 0 Å². The Labute approximate surface area is 125 Å². The molecule has 0 bridgehead atoms. The summed E-state index contributed by atoms with van der Waals surface area (Å²) < 4.78 is 16.5. The van der Waals surface area contributed by atoms with Crippen LogP contribution in [-0.2, 0) is 9.47 Å². The third kappa shape index (κ3) is 4.36. The van der Waals surface area contributed by atoms with Gasteiger partial charge in [-0.3, -0.25) is 0 Å². The molecule has 1 saturated heterocycles. The molecule has 1 aromatic rings. The Kier molecular flexibility index (Phi) is 4.73. The lowest BCUT2D eigenvalue weighted by Gasteiger charge is -2.19. The van der Waals surface area contributed by atoms with Gasteiger partial charge < -0.3 is 19.9 Å². The number of hydrogen-bond acceptors (Lipinski definition) is 5. The second kappa shape index (κ2) is 6.35. The van der Waals surface area contributed by atoms with Gasteiger partial charge in [-0.15, -0.1) is 0 Å². The maximum Gasteiger partial charge on any atom is 0.338 e. The van der Waals surface area contributed by atoms with Crippen molar-refractivity contribution in [1.29, 1.82) is 0 Å². The van der Waals surface area contributed by atoms with Gasteiger partial charge in [0.05, 0.1) is 23.9 Å². The lowest BCUT2D eigenvalue weighted by Crippen LogP contribution is -2.24. The number of anilines is 1. The average Bonchev–Trinajstić information content (AvgIpc) is 2.75. The molecule has 1 heterocycles. The van der Waals surface area contributed by atoms with Crippen molar-refractivity contribution in [2.24, 2.45) is 0 Å². The molecule has 116 valence electrons. The van der Waals surface area contributed by atoms with Gasteiger partial charge in [-0.1, -0.05) is 0 Å². The van der Waals surface area contributed by atoms with Crippen molar-refractivity contribution in [1.82, 2.24) is 0 Å². The molecular formula is C16H23NO4. The van der Waals surface area contributed by atoms with Gasteiger partial charge in [-0.25, -0.2) is 4.79 Å². The van der Waals surface area contributed by atoms with Crippen molar-refractivity contribution in [2.75, 3.05) is 18.9 Å². The quantitative estimate of drug-likeness (QED) is 0.667. The highest BCUT2D eigenvalue weighted by molar-refractivity contribution is 5.91. The molecule has 0 aromatic heterocycles. The molecule has 1 atom stereocenters. The summed E-state index contributed by atoms with van der Waals surface area (Å²) >= 11 is 0. The summed E-state index contributed by atoms with van der Waals surface area (Å²) in [5.41, 5.74) is 6.52. The lowest BCUT2D eigenvalue weighted by molar-refractivity contribution is -0.0444. The predicted octanol–water partition coefficient (Wildman–Crippen LogP) is 2.78. The molecular weight excluding hydrogens is 270 g/mol. The number of esters is 1. The number of nitrogen functional groups attached to an aromatic ring is 1. The standard InChI is InChI=1S/C16H23NO4/c1-4-19-14-8-11(7-12(17)9-14)15(18)20-10-13-5-6-16(2,3)21-13/h7-9,13H,4-6,10,17H2,1-3H3. The fraction of sp³-hybridized carbons (Fsp3) is 0.562. The van der Waals surface area contributed by atoms with Crippen molar-refractivity contribution >= 4 is 11.7 Å².